The molecule has 0 saturated carbocycles. The number of hydrogen-bond acceptors (Lipinski definition) is 1. The van der Waals surface area contributed by atoms with Gasteiger partial charge in [-0.15, -0.1) is 8.78 Å². The van der Waals surface area contributed by atoms with Gasteiger partial charge in [0.05, 0.1) is 0 Å². The smallest absolute Gasteiger partial charge is 0.418 e. The molecule has 6 heteroatoms. The minimum atomic E-state index is -3.89. The lowest BCUT2D eigenvalue weighted by Gasteiger charge is -2.11. The van der Waals surface area contributed by atoms with Crippen molar-refractivity contribution in [3.63, 3.8) is 0 Å². The van der Waals surface area contributed by atoms with Crippen LogP contribution in [-0.4, -0.2) is 5.57 Å². The molecule has 72 valence electrons. The molecule has 1 aromatic carbocycles. The fraction of sp³-hybridized carbons (Fsp3) is 0.143. The van der Waals surface area contributed by atoms with Gasteiger partial charge in [-0.05, 0) is 12.1 Å². The van der Waals surface area contributed by atoms with Gasteiger partial charge in [-0.3, -0.25) is 0 Å². The number of alkyl halides is 3. The second-order valence-electron chi connectivity index (χ2n) is 2.10. The summed E-state index contributed by atoms with van der Waals surface area (Å²) in [5.41, 5.74) is -3.89. The summed E-state index contributed by atoms with van der Waals surface area (Å²) in [5, 5.41) is -0.525. The van der Waals surface area contributed by atoms with Crippen molar-refractivity contribution in [1.29, 1.82) is 0 Å². The van der Waals surface area contributed by atoms with Crippen molar-refractivity contribution in [2.75, 3.05) is 0 Å². The zero-order valence-corrected chi connectivity index (χ0v) is 7.54. The van der Waals surface area contributed by atoms with Gasteiger partial charge in [0.1, 0.15) is 16.6 Å². The first-order valence-corrected chi connectivity index (χ1v) is 3.85. The summed E-state index contributed by atoms with van der Waals surface area (Å²) >= 11 is 9.76. The van der Waals surface area contributed by atoms with Crippen molar-refractivity contribution in [3.05, 3.63) is 29.0 Å². The Balaban J connectivity index is 2.96. The van der Waals surface area contributed by atoms with E-state index in [1.807, 2.05) is 0 Å². The second kappa shape index (κ2) is 3.64. The molecule has 1 aromatic rings. The highest BCUT2D eigenvalue weighted by atomic mass is 35.5. The first kappa shape index (κ1) is 10.5. The van der Waals surface area contributed by atoms with Crippen LogP contribution in [0.3, 0.4) is 0 Å². The van der Waals surface area contributed by atoms with Crippen LogP contribution in [-0.2, 0) is 0 Å². The Morgan fingerprint density at radius 2 is 1.92 bits per heavy atom. The fourth-order valence-corrected chi connectivity index (χ4v) is 0.935. The molecule has 0 aliphatic heterocycles. The molecule has 0 aromatic heterocycles. The van der Waals surface area contributed by atoms with E-state index in [4.69, 9.17) is 11.6 Å². The molecule has 0 saturated heterocycles. The zero-order valence-electron chi connectivity index (χ0n) is 6.03. The normalized spacial score (nSPS) is 11.5. The highest BCUT2D eigenvalue weighted by molar-refractivity contribution is 6.32. The van der Waals surface area contributed by atoms with E-state index in [1.165, 1.54) is 6.07 Å². The summed E-state index contributed by atoms with van der Waals surface area (Å²) in [6.07, 6.45) is 0. The van der Waals surface area contributed by atoms with Crippen LogP contribution < -0.4 is 4.74 Å². The van der Waals surface area contributed by atoms with Crippen LogP contribution in [0, 0.1) is 5.82 Å². The van der Waals surface area contributed by atoms with Crippen LogP contribution in [0.15, 0.2) is 18.2 Å². The molecule has 0 heterocycles. The Hall–Kier alpha value is -0.610. The minimum Gasteiger partial charge on any atom is -0.418 e. The molecule has 0 aliphatic carbocycles. The number of benzene rings is 1. The second-order valence-corrected chi connectivity index (χ2v) is 2.92. The molecule has 0 radical (unpaired) electrons. The summed E-state index contributed by atoms with van der Waals surface area (Å²) in [6.45, 7) is 0. The van der Waals surface area contributed by atoms with Crippen molar-refractivity contribution in [1.82, 2.24) is 0 Å². The van der Waals surface area contributed by atoms with Gasteiger partial charge in [-0.1, -0.05) is 17.7 Å². The molecule has 0 fully saturated rings. The van der Waals surface area contributed by atoms with Gasteiger partial charge < -0.3 is 4.74 Å². The molecule has 1 rings (SSSR count). The highest BCUT2D eigenvalue weighted by Gasteiger charge is 2.29. The third kappa shape index (κ3) is 2.97. The Bertz CT molecular complexity index is 311. The van der Waals surface area contributed by atoms with E-state index in [0.29, 0.717) is 0 Å². The van der Waals surface area contributed by atoms with E-state index in [2.05, 4.69) is 16.3 Å². The molecule has 0 N–H and O–H groups in total. The molecule has 0 spiro atoms. The van der Waals surface area contributed by atoms with Gasteiger partial charge >= 0.3 is 5.57 Å². The molecule has 0 amide bonds. The van der Waals surface area contributed by atoms with E-state index in [0.717, 1.165) is 12.1 Å². The molecule has 0 atom stereocenters. The maximum atomic E-state index is 12.7. The van der Waals surface area contributed by atoms with Gasteiger partial charge in [0.15, 0.2) is 0 Å². The van der Waals surface area contributed by atoms with Crippen molar-refractivity contribution >= 4 is 23.2 Å². The van der Waals surface area contributed by atoms with E-state index < -0.39 is 22.2 Å². The average Bonchev–Trinajstić information content (AvgIpc) is 1.96. The Kier molecular flexibility index (Phi) is 2.93. The molecule has 13 heavy (non-hydrogen) atoms. The molecular weight excluding hydrogens is 228 g/mol. The van der Waals surface area contributed by atoms with E-state index >= 15 is 0 Å². The lowest BCUT2D eigenvalue weighted by molar-refractivity contribution is -0.0965. The van der Waals surface area contributed by atoms with E-state index in [-0.39, 0.29) is 0 Å². The average molecular weight is 231 g/mol. The number of halogens is 5. The summed E-state index contributed by atoms with van der Waals surface area (Å²) in [5.74, 6) is -1.35. The van der Waals surface area contributed by atoms with E-state index in [1.54, 1.807) is 0 Å². The van der Waals surface area contributed by atoms with E-state index in [9.17, 15) is 13.2 Å². The van der Waals surface area contributed by atoms with Gasteiger partial charge in [-0.25, -0.2) is 4.39 Å². The van der Waals surface area contributed by atoms with Crippen LogP contribution in [0.1, 0.15) is 0 Å². The van der Waals surface area contributed by atoms with Crippen LogP contribution in [0.4, 0.5) is 13.2 Å². The van der Waals surface area contributed by atoms with Gasteiger partial charge in [-0.2, -0.15) is 0 Å². The first-order valence-electron chi connectivity index (χ1n) is 3.10. The molecular formula is C7H3Cl2F3O. The fourth-order valence-electron chi connectivity index (χ4n) is 0.688. The van der Waals surface area contributed by atoms with Crippen molar-refractivity contribution < 1.29 is 17.9 Å². The molecule has 0 unspecified atom stereocenters. The standard InChI is InChI=1S/C7H3Cl2F3O/c8-6-4(10)2-1-3-5(6)13-7(9,11)12/h1-3H. The lowest BCUT2D eigenvalue weighted by atomic mass is 10.3. The van der Waals surface area contributed by atoms with Crippen LogP contribution in [0.5, 0.6) is 5.75 Å². The van der Waals surface area contributed by atoms with Crippen LogP contribution in [0.2, 0.25) is 5.02 Å². The third-order valence-electron chi connectivity index (χ3n) is 1.14. The van der Waals surface area contributed by atoms with Crippen LogP contribution >= 0.6 is 23.2 Å². The lowest BCUT2D eigenvalue weighted by Crippen LogP contribution is -2.15. The largest absolute Gasteiger partial charge is 0.487 e. The maximum absolute atomic E-state index is 12.7. The summed E-state index contributed by atoms with van der Waals surface area (Å²) in [7, 11) is 0. The predicted octanol–water partition coefficient (Wildman–Crippen LogP) is 3.65. The van der Waals surface area contributed by atoms with Gasteiger partial charge in [0.2, 0.25) is 0 Å². The summed E-state index contributed by atoms with van der Waals surface area (Å²) in [6, 6.07) is 3.28. The quantitative estimate of drug-likeness (QED) is 0.706. The Morgan fingerprint density at radius 1 is 1.31 bits per heavy atom. The van der Waals surface area contributed by atoms with Crippen molar-refractivity contribution in [2.45, 2.75) is 5.57 Å². The number of ether oxygens (including phenoxy) is 1. The molecule has 0 bridgehead atoms. The molecule has 0 aliphatic rings. The minimum absolute atomic E-state index is 0.498. The summed E-state index contributed by atoms with van der Waals surface area (Å²) < 4.78 is 40.7. The van der Waals surface area contributed by atoms with Crippen molar-refractivity contribution in [3.8, 4) is 5.75 Å². The van der Waals surface area contributed by atoms with Crippen LogP contribution in [0.25, 0.3) is 0 Å². The van der Waals surface area contributed by atoms with Gasteiger partial charge in [0, 0.05) is 11.6 Å². The SMILES string of the molecule is Fc1cccc(OC(F)(F)Cl)c1Cl. The zero-order chi connectivity index (χ0) is 10.1. The Morgan fingerprint density at radius 3 is 2.46 bits per heavy atom. The number of rotatable bonds is 2. The maximum Gasteiger partial charge on any atom is 0.487 e. The number of hydrogen-bond donors (Lipinski definition) is 0. The predicted molar refractivity (Wildman–Crippen MR) is 42.8 cm³/mol. The first-order chi connectivity index (χ1) is 5.90. The topological polar surface area (TPSA) is 9.23 Å². The van der Waals surface area contributed by atoms with Gasteiger partial charge in [0.25, 0.3) is 0 Å². The Labute approximate surface area is 82.0 Å². The third-order valence-corrected chi connectivity index (χ3v) is 1.59. The summed E-state index contributed by atoms with van der Waals surface area (Å²) in [4.78, 5) is 0. The molecule has 1 nitrogen and oxygen atoms in total. The van der Waals surface area contributed by atoms with Crippen molar-refractivity contribution in [2.24, 2.45) is 0 Å². The highest BCUT2D eigenvalue weighted by Crippen LogP contribution is 2.32. The monoisotopic (exact) mass is 230 g/mol.